The first-order chi connectivity index (χ1) is 12.7. The van der Waals surface area contributed by atoms with E-state index in [2.05, 4.69) is 28.2 Å². The van der Waals surface area contributed by atoms with Crippen molar-refractivity contribution < 1.29 is 14.3 Å². The molecule has 1 atom stereocenters. The predicted octanol–water partition coefficient (Wildman–Crippen LogP) is 3.59. The van der Waals surface area contributed by atoms with Crippen molar-refractivity contribution in [2.45, 2.75) is 19.0 Å². The summed E-state index contributed by atoms with van der Waals surface area (Å²) in [7, 11) is 1.67. The molecule has 26 heavy (non-hydrogen) atoms. The zero-order chi connectivity index (χ0) is 18.1. The van der Waals surface area contributed by atoms with Crippen LogP contribution >= 0.6 is 11.8 Å². The smallest absolute Gasteiger partial charge is 0.287 e. The molecule has 132 valence electrons. The first-order valence-electron chi connectivity index (χ1n) is 8.36. The number of aromatic nitrogens is 1. The molecule has 1 saturated heterocycles. The maximum absolute atomic E-state index is 12.0. The van der Waals surface area contributed by atoms with E-state index < -0.39 is 6.04 Å². The van der Waals surface area contributed by atoms with E-state index in [-0.39, 0.29) is 10.4 Å². The number of nitrogens with one attached hydrogen (secondary N) is 1. The van der Waals surface area contributed by atoms with Gasteiger partial charge < -0.3 is 14.6 Å². The van der Waals surface area contributed by atoms with Crippen LogP contribution in [0.3, 0.4) is 0 Å². The number of hydrogen-bond donors (Lipinski definition) is 1. The van der Waals surface area contributed by atoms with Crippen LogP contribution in [0.5, 0.6) is 5.75 Å². The number of carbonyl (C=O) groups excluding carboxylic acids is 2. The van der Waals surface area contributed by atoms with Crippen molar-refractivity contribution in [2.24, 2.45) is 0 Å². The summed E-state index contributed by atoms with van der Waals surface area (Å²) < 4.78 is 7.63. The predicted molar refractivity (Wildman–Crippen MR) is 103 cm³/mol. The summed E-state index contributed by atoms with van der Waals surface area (Å²) in [5, 5.41) is 3.46. The summed E-state index contributed by atoms with van der Waals surface area (Å²) in [6.45, 7) is 0.671. The Morgan fingerprint density at radius 3 is 2.62 bits per heavy atom. The van der Waals surface area contributed by atoms with Crippen LogP contribution in [0.2, 0.25) is 0 Å². The van der Waals surface area contributed by atoms with Gasteiger partial charge in [0.05, 0.1) is 13.7 Å². The lowest BCUT2D eigenvalue weighted by atomic mass is 10.1. The normalized spacial score (nSPS) is 16.9. The molecule has 4 rings (SSSR count). The summed E-state index contributed by atoms with van der Waals surface area (Å²) in [6, 6.07) is 15.6. The average molecular weight is 366 g/mol. The van der Waals surface area contributed by atoms with Crippen LogP contribution in [0.1, 0.15) is 11.1 Å². The van der Waals surface area contributed by atoms with Crippen molar-refractivity contribution in [2.75, 3.05) is 7.11 Å². The number of para-hydroxylation sites is 2. The van der Waals surface area contributed by atoms with Crippen molar-refractivity contribution >= 4 is 33.0 Å². The molecule has 0 radical (unpaired) electrons. The molecule has 0 saturated carbocycles. The lowest BCUT2D eigenvalue weighted by molar-refractivity contribution is -0.112. The molecule has 1 aromatic heterocycles. The topological polar surface area (TPSA) is 60.3 Å². The third kappa shape index (κ3) is 3.08. The van der Waals surface area contributed by atoms with Crippen LogP contribution < -0.4 is 10.1 Å². The molecule has 1 amide bonds. The van der Waals surface area contributed by atoms with Crippen molar-refractivity contribution in [3.05, 3.63) is 65.9 Å². The minimum atomic E-state index is -0.460. The zero-order valence-electron chi connectivity index (χ0n) is 14.3. The molecule has 1 unspecified atom stereocenters. The molecule has 1 aliphatic rings. The number of hydrogen-bond acceptors (Lipinski definition) is 4. The Morgan fingerprint density at radius 2 is 1.85 bits per heavy atom. The number of ether oxygens (including phenoxy) is 1. The van der Waals surface area contributed by atoms with Gasteiger partial charge in [0.1, 0.15) is 11.8 Å². The molecule has 3 aromatic rings. The van der Waals surface area contributed by atoms with Crippen molar-refractivity contribution in [1.82, 2.24) is 9.88 Å². The second kappa shape index (κ2) is 6.88. The van der Waals surface area contributed by atoms with Crippen LogP contribution in [0.25, 0.3) is 10.9 Å². The van der Waals surface area contributed by atoms with E-state index >= 15 is 0 Å². The Bertz CT molecular complexity index is 996. The van der Waals surface area contributed by atoms with Crippen LogP contribution in [-0.2, 0) is 17.8 Å². The van der Waals surface area contributed by atoms with Gasteiger partial charge in [0.15, 0.2) is 0 Å². The van der Waals surface area contributed by atoms with Gasteiger partial charge in [-0.15, -0.1) is 0 Å². The fourth-order valence-electron chi connectivity index (χ4n) is 3.38. The van der Waals surface area contributed by atoms with E-state index in [4.69, 9.17) is 4.74 Å². The lowest BCUT2D eigenvalue weighted by Gasteiger charge is -2.10. The molecule has 0 aliphatic carbocycles. The Balaban J connectivity index is 1.70. The summed E-state index contributed by atoms with van der Waals surface area (Å²) in [4.78, 5) is 23.4. The van der Waals surface area contributed by atoms with E-state index in [0.29, 0.717) is 13.0 Å². The monoisotopic (exact) mass is 366 g/mol. The largest absolute Gasteiger partial charge is 0.496 e. The van der Waals surface area contributed by atoms with Gasteiger partial charge in [-0.1, -0.05) is 36.4 Å². The second-order valence-corrected chi connectivity index (χ2v) is 7.20. The highest BCUT2D eigenvalue weighted by molar-refractivity contribution is 8.26. The highest BCUT2D eigenvalue weighted by Crippen LogP contribution is 2.28. The van der Waals surface area contributed by atoms with Gasteiger partial charge in [0.2, 0.25) is 5.12 Å². The summed E-state index contributed by atoms with van der Waals surface area (Å²) >= 11 is 0.755. The Kier molecular flexibility index (Phi) is 4.42. The maximum atomic E-state index is 12.0. The van der Waals surface area contributed by atoms with E-state index in [1.807, 2.05) is 36.4 Å². The van der Waals surface area contributed by atoms with Crippen molar-refractivity contribution in [1.29, 1.82) is 0 Å². The number of benzene rings is 2. The minimum Gasteiger partial charge on any atom is -0.496 e. The van der Waals surface area contributed by atoms with Gasteiger partial charge in [-0.05, 0) is 17.7 Å². The number of thioether (sulfide) groups is 1. The standard InChI is InChI=1S/C20H18N2O3S/c1-25-18-9-5-2-6-13(18)11-22-12-14(15-7-3-4-8-17(15)22)10-16-19(23)26-20(24)21-16/h2-9,12,16H,10-11H2,1H3,(H,21,24). The third-order valence-corrected chi connectivity index (χ3v) is 5.39. The molecule has 2 heterocycles. The third-order valence-electron chi connectivity index (χ3n) is 4.60. The van der Waals surface area contributed by atoms with E-state index in [1.54, 1.807) is 7.11 Å². The number of amides is 1. The first-order valence-corrected chi connectivity index (χ1v) is 9.18. The van der Waals surface area contributed by atoms with E-state index in [9.17, 15) is 9.59 Å². The van der Waals surface area contributed by atoms with Gasteiger partial charge in [0, 0.05) is 40.8 Å². The highest BCUT2D eigenvalue weighted by atomic mass is 32.2. The maximum Gasteiger partial charge on any atom is 0.287 e. The fourth-order valence-corrected chi connectivity index (χ4v) is 4.05. The highest BCUT2D eigenvalue weighted by Gasteiger charge is 2.32. The quantitative estimate of drug-likeness (QED) is 0.750. The summed E-state index contributed by atoms with van der Waals surface area (Å²) in [6.07, 6.45) is 2.57. The number of fused-ring (bicyclic) bond motifs is 1. The van der Waals surface area contributed by atoms with Gasteiger partial charge in [-0.25, -0.2) is 0 Å². The molecule has 1 N–H and O–H groups in total. The number of nitrogens with zero attached hydrogens (tertiary/aromatic N) is 1. The zero-order valence-corrected chi connectivity index (χ0v) is 15.1. The SMILES string of the molecule is COc1ccccc1Cn1cc(CC2NC(=O)SC2=O)c2ccccc21. The molecule has 0 spiro atoms. The minimum absolute atomic E-state index is 0.114. The molecule has 1 aliphatic heterocycles. The number of carbonyl (C=O) groups is 2. The molecule has 1 fully saturated rings. The fraction of sp³-hybridized carbons (Fsp3) is 0.200. The molecular weight excluding hydrogens is 348 g/mol. The van der Waals surface area contributed by atoms with Crippen LogP contribution in [-0.4, -0.2) is 28.1 Å². The van der Waals surface area contributed by atoms with Crippen molar-refractivity contribution in [3.8, 4) is 5.75 Å². The molecule has 0 bridgehead atoms. The van der Waals surface area contributed by atoms with E-state index in [0.717, 1.165) is 39.5 Å². The average Bonchev–Trinajstić information content (AvgIpc) is 3.15. The van der Waals surface area contributed by atoms with Gasteiger partial charge in [-0.3, -0.25) is 9.59 Å². The van der Waals surface area contributed by atoms with E-state index in [1.165, 1.54) is 0 Å². The second-order valence-electron chi connectivity index (χ2n) is 6.22. The summed E-state index contributed by atoms with van der Waals surface area (Å²) in [5.74, 6) is 0.849. The van der Waals surface area contributed by atoms with Crippen LogP contribution in [0.15, 0.2) is 54.7 Å². The Hall–Kier alpha value is -2.73. The number of methoxy groups -OCH3 is 1. The molecular formula is C20H18N2O3S. The van der Waals surface area contributed by atoms with Crippen LogP contribution in [0.4, 0.5) is 4.79 Å². The molecule has 5 nitrogen and oxygen atoms in total. The van der Waals surface area contributed by atoms with Crippen molar-refractivity contribution in [3.63, 3.8) is 0 Å². The molecule has 2 aromatic carbocycles. The van der Waals surface area contributed by atoms with Gasteiger partial charge in [0.25, 0.3) is 5.24 Å². The Morgan fingerprint density at radius 1 is 1.08 bits per heavy atom. The van der Waals surface area contributed by atoms with Gasteiger partial charge in [-0.2, -0.15) is 0 Å². The molecule has 6 heteroatoms. The van der Waals surface area contributed by atoms with Crippen LogP contribution in [0, 0.1) is 0 Å². The number of rotatable bonds is 5. The Labute approximate surface area is 155 Å². The first kappa shape index (κ1) is 16.7. The summed E-state index contributed by atoms with van der Waals surface area (Å²) in [5.41, 5.74) is 3.23. The lowest BCUT2D eigenvalue weighted by Crippen LogP contribution is -2.30. The van der Waals surface area contributed by atoms with Gasteiger partial charge >= 0.3 is 0 Å².